The van der Waals surface area contributed by atoms with Gasteiger partial charge in [-0.05, 0) is 12.1 Å². The molecule has 16 heavy (non-hydrogen) atoms. The predicted octanol–water partition coefficient (Wildman–Crippen LogP) is 3.36. The van der Waals surface area contributed by atoms with Gasteiger partial charge in [-0.15, -0.1) is 11.3 Å². The molecule has 2 aromatic rings. The highest BCUT2D eigenvalue weighted by molar-refractivity contribution is 7.15. The van der Waals surface area contributed by atoms with Gasteiger partial charge in [0.1, 0.15) is 0 Å². The average molecular weight is 251 g/mol. The first-order chi connectivity index (χ1) is 7.83. The van der Waals surface area contributed by atoms with Crippen LogP contribution in [0.25, 0.3) is 0 Å². The second-order valence-corrected chi connectivity index (χ2v) is 5.51. The third kappa shape index (κ3) is 1.81. The van der Waals surface area contributed by atoms with Gasteiger partial charge in [-0.25, -0.2) is 4.98 Å². The van der Waals surface area contributed by atoms with E-state index in [1.54, 1.807) is 11.3 Å². The summed E-state index contributed by atoms with van der Waals surface area (Å²) in [5.74, 6) is 0. The van der Waals surface area contributed by atoms with Crippen molar-refractivity contribution in [1.82, 2.24) is 4.98 Å². The zero-order valence-corrected chi connectivity index (χ0v) is 10.3. The van der Waals surface area contributed by atoms with E-state index in [-0.39, 0.29) is 0 Å². The summed E-state index contributed by atoms with van der Waals surface area (Å²) < 4.78 is 0.667. The van der Waals surface area contributed by atoms with Gasteiger partial charge in [0.25, 0.3) is 0 Å². The molecule has 0 aliphatic carbocycles. The van der Waals surface area contributed by atoms with E-state index in [2.05, 4.69) is 34.1 Å². The fraction of sp³-hybridized carbons (Fsp3) is 0.250. The Morgan fingerprint density at radius 3 is 2.88 bits per heavy atom. The Balaban J connectivity index is 1.88. The molecule has 2 nitrogen and oxygen atoms in total. The summed E-state index contributed by atoms with van der Waals surface area (Å²) in [7, 11) is 0. The second-order valence-electron chi connectivity index (χ2n) is 3.84. The average Bonchev–Trinajstić information content (AvgIpc) is 2.69. The van der Waals surface area contributed by atoms with Crippen LogP contribution < -0.4 is 4.90 Å². The number of hydrogen-bond donors (Lipinski definition) is 0. The van der Waals surface area contributed by atoms with Crippen LogP contribution in [0.15, 0.2) is 30.3 Å². The topological polar surface area (TPSA) is 16.1 Å². The highest BCUT2D eigenvalue weighted by atomic mass is 35.5. The van der Waals surface area contributed by atoms with E-state index in [4.69, 9.17) is 11.6 Å². The number of benzene rings is 1. The molecule has 0 amide bonds. The van der Waals surface area contributed by atoms with Crippen molar-refractivity contribution in [3.8, 4) is 0 Å². The van der Waals surface area contributed by atoms with E-state index >= 15 is 0 Å². The number of para-hydroxylation sites is 1. The van der Waals surface area contributed by atoms with Crippen molar-refractivity contribution in [1.29, 1.82) is 0 Å². The van der Waals surface area contributed by atoms with Gasteiger partial charge in [0, 0.05) is 23.5 Å². The summed E-state index contributed by atoms with van der Waals surface area (Å²) in [4.78, 5) is 8.01. The van der Waals surface area contributed by atoms with Crippen LogP contribution in [0.5, 0.6) is 0 Å². The number of rotatable bonds is 1. The number of hydrogen-bond acceptors (Lipinski definition) is 3. The molecule has 0 radical (unpaired) electrons. The highest BCUT2D eigenvalue weighted by Gasteiger charge is 2.20. The maximum absolute atomic E-state index is 5.93. The Kier molecular flexibility index (Phi) is 2.58. The summed E-state index contributed by atoms with van der Waals surface area (Å²) >= 11 is 7.53. The van der Waals surface area contributed by atoms with Gasteiger partial charge < -0.3 is 4.90 Å². The van der Waals surface area contributed by atoms with Gasteiger partial charge >= 0.3 is 0 Å². The van der Waals surface area contributed by atoms with E-state index in [1.165, 1.54) is 16.3 Å². The van der Waals surface area contributed by atoms with Crippen molar-refractivity contribution < 1.29 is 0 Å². The number of aromatic nitrogens is 1. The molecule has 1 aromatic carbocycles. The molecule has 1 aromatic heterocycles. The Bertz CT molecular complexity index is 495. The van der Waals surface area contributed by atoms with Gasteiger partial charge in [0.2, 0.25) is 0 Å². The number of anilines is 1. The molecule has 2 heterocycles. The molecule has 0 atom stereocenters. The van der Waals surface area contributed by atoms with Crippen LogP contribution in [0.1, 0.15) is 10.6 Å². The first-order valence-electron chi connectivity index (χ1n) is 5.27. The molecule has 0 bridgehead atoms. The molecule has 0 N–H and O–H groups in total. The Morgan fingerprint density at radius 1 is 1.25 bits per heavy atom. The van der Waals surface area contributed by atoms with Crippen molar-refractivity contribution in [3.05, 3.63) is 45.4 Å². The number of nitrogens with zero attached hydrogens (tertiary/aromatic N) is 2. The maximum Gasteiger partial charge on any atom is 0.184 e. The summed E-state index contributed by atoms with van der Waals surface area (Å²) in [6, 6.07) is 10.5. The number of fused-ring (bicyclic) bond motifs is 1. The summed E-state index contributed by atoms with van der Waals surface area (Å²) in [6.45, 7) is 1.96. The molecule has 0 unspecified atom stereocenters. The minimum absolute atomic E-state index is 0.667. The lowest BCUT2D eigenvalue weighted by Gasteiger charge is -2.28. The fourth-order valence-corrected chi connectivity index (χ4v) is 3.25. The number of halogens is 1. The molecule has 4 heteroatoms. The first kappa shape index (κ1) is 10.1. The van der Waals surface area contributed by atoms with E-state index in [0.717, 1.165) is 19.5 Å². The van der Waals surface area contributed by atoms with Crippen LogP contribution in [-0.2, 0) is 13.0 Å². The van der Waals surface area contributed by atoms with Crippen molar-refractivity contribution >= 4 is 28.6 Å². The van der Waals surface area contributed by atoms with Gasteiger partial charge in [-0.2, -0.15) is 0 Å². The summed E-state index contributed by atoms with van der Waals surface area (Å²) in [5.41, 5.74) is 2.46. The van der Waals surface area contributed by atoms with Crippen LogP contribution in [0, 0.1) is 0 Å². The van der Waals surface area contributed by atoms with Crippen molar-refractivity contribution in [3.63, 3.8) is 0 Å². The minimum Gasteiger partial charge on any atom is -0.366 e. The minimum atomic E-state index is 0.667. The van der Waals surface area contributed by atoms with E-state index in [1.807, 2.05) is 6.07 Å². The molecule has 1 aliphatic rings. The molecule has 0 spiro atoms. The monoisotopic (exact) mass is 250 g/mol. The lowest BCUT2D eigenvalue weighted by atomic mass is 10.1. The SMILES string of the molecule is Clc1nc2c(s1)CN(c1ccccc1)CC2. The normalized spacial score (nSPS) is 14.9. The quantitative estimate of drug-likeness (QED) is 0.772. The zero-order valence-electron chi connectivity index (χ0n) is 8.69. The predicted molar refractivity (Wildman–Crippen MR) is 68.3 cm³/mol. The molecular formula is C12H11ClN2S. The van der Waals surface area contributed by atoms with E-state index < -0.39 is 0 Å². The lowest BCUT2D eigenvalue weighted by molar-refractivity contribution is 0.729. The maximum atomic E-state index is 5.93. The largest absolute Gasteiger partial charge is 0.366 e. The van der Waals surface area contributed by atoms with Crippen LogP contribution in [0.2, 0.25) is 4.47 Å². The van der Waals surface area contributed by atoms with Gasteiger partial charge in [-0.1, -0.05) is 29.8 Å². The lowest BCUT2D eigenvalue weighted by Crippen LogP contribution is -2.29. The van der Waals surface area contributed by atoms with Crippen LogP contribution in [0.3, 0.4) is 0 Å². The first-order valence-corrected chi connectivity index (χ1v) is 6.46. The zero-order chi connectivity index (χ0) is 11.0. The molecule has 3 rings (SSSR count). The summed E-state index contributed by atoms with van der Waals surface area (Å²) in [6.07, 6.45) is 0.993. The second kappa shape index (κ2) is 4.07. The molecule has 0 saturated carbocycles. The molecule has 1 aliphatic heterocycles. The van der Waals surface area contributed by atoms with Crippen LogP contribution >= 0.6 is 22.9 Å². The van der Waals surface area contributed by atoms with Gasteiger partial charge in [0.05, 0.1) is 12.2 Å². The van der Waals surface area contributed by atoms with Crippen molar-refractivity contribution in [2.24, 2.45) is 0 Å². The van der Waals surface area contributed by atoms with E-state index in [0.29, 0.717) is 4.47 Å². The molecule has 82 valence electrons. The van der Waals surface area contributed by atoms with E-state index in [9.17, 15) is 0 Å². The highest BCUT2D eigenvalue weighted by Crippen LogP contribution is 2.30. The fourth-order valence-electron chi connectivity index (χ4n) is 2.02. The molecule has 0 fully saturated rings. The number of thiazole rings is 1. The summed E-state index contributed by atoms with van der Waals surface area (Å²) in [5, 5.41) is 0. The Labute approximate surface area is 104 Å². The Hall–Kier alpha value is -1.06. The van der Waals surface area contributed by atoms with Crippen LogP contribution in [-0.4, -0.2) is 11.5 Å². The standard InChI is InChI=1S/C12H11ClN2S/c13-12-14-10-6-7-15(8-11(10)16-12)9-4-2-1-3-5-9/h1-5H,6-8H2. The van der Waals surface area contributed by atoms with Crippen molar-refractivity contribution in [2.75, 3.05) is 11.4 Å². The Morgan fingerprint density at radius 2 is 2.06 bits per heavy atom. The molecular weight excluding hydrogens is 240 g/mol. The smallest absolute Gasteiger partial charge is 0.184 e. The van der Waals surface area contributed by atoms with Crippen LogP contribution in [0.4, 0.5) is 5.69 Å². The third-order valence-corrected chi connectivity index (χ3v) is 4.01. The molecule has 0 saturated heterocycles. The van der Waals surface area contributed by atoms with Gasteiger partial charge in [0.15, 0.2) is 4.47 Å². The van der Waals surface area contributed by atoms with Gasteiger partial charge in [-0.3, -0.25) is 0 Å². The van der Waals surface area contributed by atoms with Crippen molar-refractivity contribution in [2.45, 2.75) is 13.0 Å². The third-order valence-electron chi connectivity index (χ3n) is 2.83.